The monoisotopic (exact) mass is 250 g/mol. The van der Waals surface area contributed by atoms with Crippen LogP contribution < -0.4 is 4.74 Å². The van der Waals surface area contributed by atoms with Gasteiger partial charge in [0, 0.05) is 11.6 Å². The summed E-state index contributed by atoms with van der Waals surface area (Å²) in [5.74, 6) is 0.858. The molecule has 1 aliphatic rings. The Morgan fingerprint density at radius 3 is 2.61 bits per heavy atom. The van der Waals surface area contributed by atoms with E-state index in [4.69, 9.17) is 4.74 Å². The summed E-state index contributed by atoms with van der Waals surface area (Å²) < 4.78 is 19.0. The van der Waals surface area contributed by atoms with Crippen LogP contribution in [-0.4, -0.2) is 12.4 Å². The first kappa shape index (κ1) is 13.1. The number of benzene rings is 1. The summed E-state index contributed by atoms with van der Waals surface area (Å²) in [6.07, 6.45) is 6.42. The van der Waals surface area contributed by atoms with Gasteiger partial charge >= 0.3 is 0 Å². The van der Waals surface area contributed by atoms with Gasteiger partial charge < -0.3 is 4.74 Å². The van der Waals surface area contributed by atoms with Crippen LogP contribution in [0.4, 0.5) is 4.39 Å². The summed E-state index contributed by atoms with van der Waals surface area (Å²) in [5.41, 5.74) is 0.326. The Bertz CT molecular complexity index is 409. The number of ether oxygens (including phenoxy) is 1. The second kappa shape index (κ2) is 5.98. The fraction of sp³-hybridized carbons (Fsp3) is 0.533. The predicted octanol–water partition coefficient (Wildman–Crippen LogP) is 3.99. The number of carbonyl (C=O) groups excluding carboxylic acids is 1. The molecule has 0 heterocycles. The van der Waals surface area contributed by atoms with E-state index in [9.17, 15) is 9.18 Å². The van der Waals surface area contributed by atoms with Gasteiger partial charge in [0.1, 0.15) is 17.9 Å². The first-order chi connectivity index (χ1) is 8.71. The number of hydrogen-bond acceptors (Lipinski definition) is 2. The van der Waals surface area contributed by atoms with Crippen molar-refractivity contribution in [2.45, 2.75) is 45.1 Å². The van der Waals surface area contributed by atoms with Gasteiger partial charge in [0.15, 0.2) is 0 Å². The minimum absolute atomic E-state index is 0.161. The van der Waals surface area contributed by atoms with Crippen LogP contribution in [0, 0.1) is 11.7 Å². The van der Waals surface area contributed by atoms with E-state index < -0.39 is 5.82 Å². The summed E-state index contributed by atoms with van der Waals surface area (Å²) in [4.78, 5) is 10.7. The largest absolute Gasteiger partial charge is 0.490 e. The summed E-state index contributed by atoms with van der Waals surface area (Å²) >= 11 is 0. The Hall–Kier alpha value is -1.38. The summed E-state index contributed by atoms with van der Waals surface area (Å²) in [6.45, 7) is 2.22. The highest BCUT2D eigenvalue weighted by atomic mass is 19.1. The molecule has 2 nitrogen and oxygen atoms in total. The molecule has 0 radical (unpaired) electrons. The Labute approximate surface area is 107 Å². The lowest BCUT2D eigenvalue weighted by Crippen LogP contribution is -2.23. The molecule has 1 saturated carbocycles. The number of aldehydes is 1. The minimum atomic E-state index is -0.420. The Kier molecular flexibility index (Phi) is 4.34. The van der Waals surface area contributed by atoms with Crippen LogP contribution in [0.5, 0.6) is 5.75 Å². The molecule has 1 aromatic rings. The maximum Gasteiger partial charge on any atom is 0.150 e. The molecule has 18 heavy (non-hydrogen) atoms. The van der Waals surface area contributed by atoms with E-state index in [0.29, 0.717) is 17.6 Å². The lowest BCUT2D eigenvalue weighted by Gasteiger charge is -2.28. The SMILES string of the molecule is CCC1CCC(Oc2cc(F)cc(C=O)c2)CC1. The van der Waals surface area contributed by atoms with E-state index in [0.717, 1.165) is 18.8 Å². The molecule has 98 valence electrons. The Balaban J connectivity index is 1.97. The predicted molar refractivity (Wildman–Crippen MR) is 68.5 cm³/mol. The van der Waals surface area contributed by atoms with E-state index in [1.807, 2.05) is 0 Å². The third-order valence-electron chi connectivity index (χ3n) is 3.70. The van der Waals surface area contributed by atoms with Crippen molar-refractivity contribution in [1.29, 1.82) is 0 Å². The van der Waals surface area contributed by atoms with Crippen LogP contribution in [0.1, 0.15) is 49.4 Å². The zero-order valence-electron chi connectivity index (χ0n) is 10.7. The zero-order chi connectivity index (χ0) is 13.0. The summed E-state index contributed by atoms with van der Waals surface area (Å²) in [7, 11) is 0. The lowest BCUT2D eigenvalue weighted by atomic mass is 9.86. The van der Waals surface area contributed by atoms with Crippen molar-refractivity contribution in [2.75, 3.05) is 0 Å². The van der Waals surface area contributed by atoms with Gasteiger partial charge in [-0.3, -0.25) is 4.79 Å². The molecule has 0 unspecified atom stereocenters. The molecule has 0 N–H and O–H groups in total. The number of rotatable bonds is 4. The standard InChI is InChI=1S/C15H19FO2/c1-2-11-3-5-14(6-4-11)18-15-8-12(10-17)7-13(16)9-15/h7-11,14H,2-6H2,1H3. The fourth-order valence-electron chi connectivity index (χ4n) is 2.57. The molecule has 3 heteroatoms. The van der Waals surface area contributed by atoms with Gasteiger partial charge in [0.05, 0.1) is 6.10 Å². The van der Waals surface area contributed by atoms with E-state index in [-0.39, 0.29) is 6.10 Å². The summed E-state index contributed by atoms with van der Waals surface area (Å²) in [6, 6.07) is 4.16. The van der Waals surface area contributed by atoms with Gasteiger partial charge in [-0.25, -0.2) is 4.39 Å². The van der Waals surface area contributed by atoms with E-state index >= 15 is 0 Å². The maximum absolute atomic E-state index is 13.2. The van der Waals surface area contributed by atoms with Gasteiger partial charge in [0.25, 0.3) is 0 Å². The Morgan fingerprint density at radius 1 is 1.28 bits per heavy atom. The molecular weight excluding hydrogens is 231 g/mol. The smallest absolute Gasteiger partial charge is 0.150 e. The first-order valence-corrected chi connectivity index (χ1v) is 6.63. The van der Waals surface area contributed by atoms with Crippen molar-refractivity contribution in [3.63, 3.8) is 0 Å². The third-order valence-corrected chi connectivity index (χ3v) is 3.70. The van der Waals surface area contributed by atoms with Gasteiger partial charge in [-0.05, 0) is 43.7 Å². The zero-order valence-corrected chi connectivity index (χ0v) is 10.7. The van der Waals surface area contributed by atoms with E-state index in [1.54, 1.807) is 6.07 Å². The molecular formula is C15H19FO2. The van der Waals surface area contributed by atoms with Crippen LogP contribution in [0.15, 0.2) is 18.2 Å². The highest BCUT2D eigenvalue weighted by molar-refractivity contribution is 5.75. The molecule has 0 spiro atoms. The molecule has 0 atom stereocenters. The van der Waals surface area contributed by atoms with Crippen LogP contribution in [0.3, 0.4) is 0 Å². The van der Waals surface area contributed by atoms with Crippen molar-refractivity contribution in [2.24, 2.45) is 5.92 Å². The fourth-order valence-corrected chi connectivity index (χ4v) is 2.57. The van der Waals surface area contributed by atoms with Crippen molar-refractivity contribution < 1.29 is 13.9 Å². The molecule has 0 saturated heterocycles. The van der Waals surface area contributed by atoms with Crippen LogP contribution >= 0.6 is 0 Å². The topological polar surface area (TPSA) is 26.3 Å². The Morgan fingerprint density at radius 2 is 2.00 bits per heavy atom. The average molecular weight is 250 g/mol. The molecule has 0 aromatic heterocycles. The maximum atomic E-state index is 13.2. The van der Waals surface area contributed by atoms with Gasteiger partial charge in [0.2, 0.25) is 0 Å². The second-order valence-electron chi connectivity index (χ2n) is 5.01. The van der Waals surface area contributed by atoms with Crippen LogP contribution in [0.2, 0.25) is 0 Å². The molecule has 1 aliphatic carbocycles. The van der Waals surface area contributed by atoms with Crippen LogP contribution in [0.25, 0.3) is 0 Å². The second-order valence-corrected chi connectivity index (χ2v) is 5.01. The third kappa shape index (κ3) is 3.31. The van der Waals surface area contributed by atoms with E-state index in [1.165, 1.54) is 31.4 Å². The number of hydrogen-bond donors (Lipinski definition) is 0. The van der Waals surface area contributed by atoms with Gasteiger partial charge in [-0.2, -0.15) is 0 Å². The van der Waals surface area contributed by atoms with Crippen molar-refractivity contribution in [3.05, 3.63) is 29.6 Å². The molecule has 0 bridgehead atoms. The normalized spacial score (nSPS) is 23.7. The lowest BCUT2D eigenvalue weighted by molar-refractivity contribution is 0.111. The molecule has 0 amide bonds. The highest BCUT2D eigenvalue weighted by Gasteiger charge is 2.21. The highest BCUT2D eigenvalue weighted by Crippen LogP contribution is 2.29. The van der Waals surface area contributed by atoms with Crippen molar-refractivity contribution >= 4 is 6.29 Å². The van der Waals surface area contributed by atoms with Gasteiger partial charge in [-0.15, -0.1) is 0 Å². The molecule has 0 aliphatic heterocycles. The van der Waals surface area contributed by atoms with E-state index in [2.05, 4.69) is 6.92 Å². The molecule has 1 aromatic carbocycles. The van der Waals surface area contributed by atoms with Crippen molar-refractivity contribution in [1.82, 2.24) is 0 Å². The number of carbonyl (C=O) groups is 1. The molecule has 1 fully saturated rings. The quantitative estimate of drug-likeness (QED) is 0.755. The average Bonchev–Trinajstić information content (AvgIpc) is 2.39. The van der Waals surface area contributed by atoms with Gasteiger partial charge in [-0.1, -0.05) is 13.3 Å². The minimum Gasteiger partial charge on any atom is -0.490 e. The number of halogens is 1. The van der Waals surface area contributed by atoms with Crippen LogP contribution in [-0.2, 0) is 0 Å². The molecule has 2 rings (SSSR count). The van der Waals surface area contributed by atoms with Crippen molar-refractivity contribution in [3.8, 4) is 5.75 Å². The first-order valence-electron chi connectivity index (χ1n) is 6.63. The summed E-state index contributed by atoms with van der Waals surface area (Å²) in [5, 5.41) is 0.